The topological polar surface area (TPSA) is 70.5 Å². The van der Waals surface area contributed by atoms with E-state index in [9.17, 15) is 8.42 Å². The highest BCUT2D eigenvalue weighted by atomic mass is 32.2. The summed E-state index contributed by atoms with van der Waals surface area (Å²) in [6.45, 7) is 6.90. The van der Waals surface area contributed by atoms with E-state index >= 15 is 0 Å². The maximum atomic E-state index is 12.4. The van der Waals surface area contributed by atoms with Crippen LogP contribution in [-0.4, -0.2) is 73.5 Å². The zero-order valence-corrected chi connectivity index (χ0v) is 13.2. The Morgan fingerprint density at radius 2 is 2.05 bits per heavy atom. The molecular weight excluding hydrogens is 278 g/mol. The molecule has 20 heavy (non-hydrogen) atoms. The molecule has 1 aliphatic heterocycles. The maximum Gasteiger partial charge on any atom is 0.261 e. The van der Waals surface area contributed by atoms with Gasteiger partial charge in [-0.1, -0.05) is 0 Å². The van der Waals surface area contributed by atoms with Crippen LogP contribution in [-0.2, 0) is 17.1 Å². The molecule has 1 aliphatic rings. The second-order valence-electron chi connectivity index (χ2n) is 5.16. The molecule has 0 spiro atoms. The molecular formula is C12H23N5O2S. The van der Waals surface area contributed by atoms with Gasteiger partial charge in [-0.3, -0.25) is 4.90 Å². The number of rotatable bonds is 5. The van der Waals surface area contributed by atoms with Crippen molar-refractivity contribution in [3.63, 3.8) is 0 Å². The Bertz CT molecular complexity index is 529. The van der Waals surface area contributed by atoms with Crippen molar-refractivity contribution < 1.29 is 8.42 Å². The van der Waals surface area contributed by atoms with Crippen LogP contribution < -0.4 is 5.32 Å². The average Bonchev–Trinajstić information content (AvgIpc) is 2.78. The smallest absolute Gasteiger partial charge is 0.261 e. The van der Waals surface area contributed by atoms with Crippen molar-refractivity contribution in [2.45, 2.75) is 11.9 Å². The van der Waals surface area contributed by atoms with Gasteiger partial charge in [-0.15, -0.1) is 0 Å². The highest BCUT2D eigenvalue weighted by Crippen LogP contribution is 2.13. The van der Waals surface area contributed by atoms with Crippen LogP contribution in [0.1, 0.15) is 5.82 Å². The lowest BCUT2D eigenvalue weighted by Gasteiger charge is -2.28. The van der Waals surface area contributed by atoms with E-state index in [0.717, 1.165) is 32.7 Å². The van der Waals surface area contributed by atoms with Crippen LogP contribution in [0.3, 0.4) is 0 Å². The molecule has 1 aromatic rings. The number of aromatic nitrogens is 2. The molecule has 1 fully saturated rings. The van der Waals surface area contributed by atoms with Crippen molar-refractivity contribution in [3.8, 4) is 0 Å². The quantitative estimate of drug-likeness (QED) is 0.775. The molecule has 7 nitrogen and oxygen atoms in total. The summed E-state index contributed by atoms with van der Waals surface area (Å²) in [5.41, 5.74) is 0. The molecule has 1 saturated heterocycles. The van der Waals surface area contributed by atoms with Crippen LogP contribution >= 0.6 is 0 Å². The van der Waals surface area contributed by atoms with Gasteiger partial charge >= 0.3 is 0 Å². The summed E-state index contributed by atoms with van der Waals surface area (Å²) in [5.74, 6) is 0.694. The number of imidazole rings is 1. The molecule has 2 heterocycles. The van der Waals surface area contributed by atoms with Crippen molar-refractivity contribution in [1.82, 2.24) is 24.1 Å². The molecule has 0 radical (unpaired) electrons. The van der Waals surface area contributed by atoms with Gasteiger partial charge in [0.05, 0.1) is 0 Å². The summed E-state index contributed by atoms with van der Waals surface area (Å²) in [6, 6.07) is 0. The fraction of sp³-hybridized carbons (Fsp3) is 0.750. The largest absolute Gasteiger partial charge is 0.337 e. The number of piperazine rings is 1. The van der Waals surface area contributed by atoms with Gasteiger partial charge in [-0.2, -0.15) is 4.31 Å². The standard InChI is InChI=1S/C12H23N5O2S/c1-11-14-12(10-15(11)2)20(18,19)16(3)8-9-17-6-4-13-5-7-17/h10,13H,4-9H2,1-3H3. The lowest BCUT2D eigenvalue weighted by Crippen LogP contribution is -2.46. The third-order valence-corrected chi connectivity index (χ3v) is 5.43. The molecule has 2 rings (SSSR count). The Balaban J connectivity index is 1.98. The summed E-state index contributed by atoms with van der Waals surface area (Å²) in [5, 5.41) is 3.41. The second-order valence-corrected chi connectivity index (χ2v) is 7.15. The number of sulfonamides is 1. The number of hydrogen-bond acceptors (Lipinski definition) is 5. The molecule has 1 N–H and O–H groups in total. The Kier molecular flexibility index (Phi) is 4.79. The van der Waals surface area contributed by atoms with Gasteiger partial charge in [0.1, 0.15) is 5.82 Å². The maximum absolute atomic E-state index is 12.4. The molecule has 0 atom stereocenters. The van der Waals surface area contributed by atoms with Crippen molar-refractivity contribution in [3.05, 3.63) is 12.0 Å². The first-order chi connectivity index (χ1) is 9.41. The van der Waals surface area contributed by atoms with E-state index < -0.39 is 10.0 Å². The normalized spacial score (nSPS) is 17.8. The van der Waals surface area contributed by atoms with Crippen molar-refractivity contribution in [2.24, 2.45) is 7.05 Å². The van der Waals surface area contributed by atoms with Crippen molar-refractivity contribution >= 4 is 10.0 Å². The third-order valence-electron chi connectivity index (χ3n) is 3.70. The van der Waals surface area contributed by atoms with E-state index in [1.807, 2.05) is 0 Å². The SMILES string of the molecule is Cc1nc(S(=O)(=O)N(C)CCN2CCNCC2)cn1C. The first-order valence-corrected chi connectivity index (χ1v) is 8.24. The van der Waals surface area contributed by atoms with E-state index in [1.165, 1.54) is 4.31 Å². The van der Waals surface area contributed by atoms with Gasteiger partial charge in [-0.25, -0.2) is 13.4 Å². The van der Waals surface area contributed by atoms with Gasteiger partial charge in [-0.05, 0) is 6.92 Å². The molecule has 0 bridgehead atoms. The molecule has 1 aromatic heterocycles. The molecule has 8 heteroatoms. The zero-order chi connectivity index (χ0) is 14.8. The Hall–Kier alpha value is -0.960. The van der Waals surface area contributed by atoms with E-state index in [-0.39, 0.29) is 5.03 Å². The Morgan fingerprint density at radius 1 is 1.40 bits per heavy atom. The van der Waals surface area contributed by atoms with Gasteiger partial charge in [0.15, 0.2) is 5.03 Å². The van der Waals surface area contributed by atoms with E-state index in [1.54, 1.807) is 31.8 Å². The number of nitrogens with one attached hydrogen (secondary N) is 1. The molecule has 0 amide bonds. The van der Waals surface area contributed by atoms with Gasteiger partial charge in [0.25, 0.3) is 10.0 Å². The zero-order valence-electron chi connectivity index (χ0n) is 12.3. The van der Waals surface area contributed by atoms with Crippen molar-refractivity contribution in [1.29, 1.82) is 0 Å². The summed E-state index contributed by atoms with van der Waals surface area (Å²) in [7, 11) is -0.0760. The summed E-state index contributed by atoms with van der Waals surface area (Å²) < 4.78 is 27.9. The number of aryl methyl sites for hydroxylation is 2. The number of likely N-dealkylation sites (N-methyl/N-ethyl adjacent to an activating group) is 1. The van der Waals surface area contributed by atoms with Crippen LogP contribution in [0, 0.1) is 6.92 Å². The average molecular weight is 301 g/mol. The first-order valence-electron chi connectivity index (χ1n) is 6.80. The Labute approximate surface area is 120 Å². The monoisotopic (exact) mass is 301 g/mol. The summed E-state index contributed by atoms with van der Waals surface area (Å²) >= 11 is 0. The minimum atomic E-state index is -3.48. The molecule has 0 saturated carbocycles. The fourth-order valence-electron chi connectivity index (χ4n) is 2.15. The molecule has 114 valence electrons. The van der Waals surface area contributed by atoms with E-state index in [4.69, 9.17) is 0 Å². The van der Waals surface area contributed by atoms with E-state index in [2.05, 4.69) is 15.2 Å². The predicted octanol–water partition coefficient (Wildman–Crippen LogP) is -0.746. The first kappa shape index (κ1) is 15.4. The summed E-state index contributed by atoms with van der Waals surface area (Å²) in [4.78, 5) is 6.38. The fourth-order valence-corrected chi connectivity index (χ4v) is 3.33. The summed E-state index contributed by atoms with van der Waals surface area (Å²) in [6.07, 6.45) is 1.56. The van der Waals surface area contributed by atoms with Crippen LogP contribution in [0.5, 0.6) is 0 Å². The predicted molar refractivity (Wildman–Crippen MR) is 77.1 cm³/mol. The third kappa shape index (κ3) is 3.38. The van der Waals surface area contributed by atoms with Crippen LogP contribution in [0.25, 0.3) is 0 Å². The van der Waals surface area contributed by atoms with Crippen LogP contribution in [0.4, 0.5) is 0 Å². The van der Waals surface area contributed by atoms with Gasteiger partial charge in [0.2, 0.25) is 0 Å². The number of hydrogen-bond donors (Lipinski definition) is 1. The Morgan fingerprint density at radius 3 is 2.60 bits per heavy atom. The highest BCUT2D eigenvalue weighted by molar-refractivity contribution is 7.89. The lowest BCUT2D eigenvalue weighted by atomic mass is 10.3. The van der Waals surface area contributed by atoms with Crippen molar-refractivity contribution in [2.75, 3.05) is 46.3 Å². The van der Waals surface area contributed by atoms with E-state index in [0.29, 0.717) is 12.4 Å². The minimum Gasteiger partial charge on any atom is -0.337 e. The molecule has 0 aromatic carbocycles. The molecule has 0 unspecified atom stereocenters. The van der Waals surface area contributed by atoms with Gasteiger partial charge < -0.3 is 9.88 Å². The second kappa shape index (κ2) is 6.21. The minimum absolute atomic E-state index is 0.125. The van der Waals surface area contributed by atoms with Crippen LogP contribution in [0.2, 0.25) is 0 Å². The van der Waals surface area contributed by atoms with Gasteiger partial charge in [0, 0.05) is 59.6 Å². The molecule has 0 aliphatic carbocycles. The lowest BCUT2D eigenvalue weighted by molar-refractivity contribution is 0.229. The highest BCUT2D eigenvalue weighted by Gasteiger charge is 2.24. The number of nitrogens with zero attached hydrogens (tertiary/aromatic N) is 4. The van der Waals surface area contributed by atoms with Crippen LogP contribution in [0.15, 0.2) is 11.2 Å².